The molecule has 0 radical (unpaired) electrons. The maximum absolute atomic E-state index is 11.0. The second kappa shape index (κ2) is 6.05. The minimum Gasteiger partial charge on any atom is -0.490 e. The van der Waals surface area contributed by atoms with Crippen LogP contribution in [0.15, 0.2) is 15.5 Å². The van der Waals surface area contributed by atoms with Gasteiger partial charge in [-0.2, -0.15) is 4.99 Å². The van der Waals surface area contributed by atoms with E-state index in [1.165, 1.54) is 0 Å². The third-order valence-electron chi connectivity index (χ3n) is 4.51. The molecule has 1 heterocycles. The zero-order valence-electron chi connectivity index (χ0n) is 12.9. The number of fused-ring (bicyclic) bond motifs is 1. The van der Waals surface area contributed by atoms with Crippen molar-refractivity contribution in [2.75, 3.05) is 13.2 Å². The number of carbonyl (C=O) groups excluding carboxylic acids is 1. The lowest BCUT2D eigenvalue weighted by molar-refractivity contribution is 0.249. The summed E-state index contributed by atoms with van der Waals surface area (Å²) in [6.45, 7) is 5.58. The minimum atomic E-state index is -0.453. The molecule has 1 aromatic carbocycles. The molecule has 0 amide bonds. The Labute approximate surface area is 139 Å². The molecular formula is C17H20BrNO3. The molecule has 118 valence electrons. The van der Waals surface area contributed by atoms with Gasteiger partial charge >= 0.3 is 0 Å². The molecule has 0 unspecified atom stereocenters. The zero-order valence-corrected chi connectivity index (χ0v) is 14.5. The van der Waals surface area contributed by atoms with E-state index in [1.807, 2.05) is 6.07 Å². The molecule has 3 rings (SSSR count). The van der Waals surface area contributed by atoms with Crippen LogP contribution < -0.4 is 9.47 Å². The molecule has 0 spiro atoms. The average molecular weight is 366 g/mol. The number of nitrogens with zero attached hydrogens (tertiary/aromatic N) is 1. The summed E-state index contributed by atoms with van der Waals surface area (Å²) in [5.74, 6) is 1.85. The molecule has 5 heteroatoms. The first kappa shape index (κ1) is 15.6. The predicted molar refractivity (Wildman–Crippen MR) is 87.5 cm³/mol. The lowest BCUT2D eigenvalue weighted by atomic mass is 9.69. The Morgan fingerprint density at radius 3 is 2.59 bits per heavy atom. The Kier molecular flexibility index (Phi) is 4.28. The molecule has 0 N–H and O–H groups in total. The van der Waals surface area contributed by atoms with Crippen molar-refractivity contribution >= 4 is 22.0 Å². The van der Waals surface area contributed by atoms with Crippen molar-refractivity contribution in [1.29, 1.82) is 0 Å². The molecule has 1 aliphatic heterocycles. The van der Waals surface area contributed by atoms with Gasteiger partial charge in [-0.3, -0.25) is 0 Å². The first-order chi connectivity index (χ1) is 10.6. The van der Waals surface area contributed by atoms with Gasteiger partial charge in [0.15, 0.2) is 11.5 Å². The van der Waals surface area contributed by atoms with Crippen LogP contribution in [-0.4, -0.2) is 19.3 Å². The standard InChI is InChI=1S/C17H20BrNO3/c1-11(2)14-15(17(19-10-20)5-3-6-17)12(18)9-13-16(14)22-8-4-7-21-13/h9,11H,3-8H2,1-2H3. The van der Waals surface area contributed by atoms with Crippen molar-refractivity contribution in [3.8, 4) is 11.5 Å². The van der Waals surface area contributed by atoms with E-state index in [2.05, 4.69) is 34.8 Å². The summed E-state index contributed by atoms with van der Waals surface area (Å²) < 4.78 is 12.8. The quantitative estimate of drug-likeness (QED) is 0.587. The molecule has 1 aliphatic carbocycles. The van der Waals surface area contributed by atoms with Gasteiger partial charge in [0.2, 0.25) is 6.08 Å². The Bertz CT molecular complexity index is 631. The highest BCUT2D eigenvalue weighted by Crippen LogP contribution is 2.54. The summed E-state index contributed by atoms with van der Waals surface area (Å²) in [7, 11) is 0. The fraction of sp³-hybridized carbons (Fsp3) is 0.588. The van der Waals surface area contributed by atoms with Gasteiger partial charge in [0.05, 0.1) is 18.8 Å². The van der Waals surface area contributed by atoms with E-state index in [0.29, 0.717) is 13.2 Å². The highest BCUT2D eigenvalue weighted by atomic mass is 79.9. The SMILES string of the molecule is CC(C)c1c2c(cc(Br)c1C1(N=C=O)CCC1)OCCCO2. The maximum Gasteiger partial charge on any atom is 0.235 e. The van der Waals surface area contributed by atoms with E-state index in [0.717, 1.165) is 52.8 Å². The summed E-state index contributed by atoms with van der Waals surface area (Å²) >= 11 is 3.68. The molecular weight excluding hydrogens is 346 g/mol. The van der Waals surface area contributed by atoms with E-state index in [1.54, 1.807) is 6.08 Å². The van der Waals surface area contributed by atoms with Crippen LogP contribution in [0.1, 0.15) is 56.6 Å². The van der Waals surface area contributed by atoms with Crippen molar-refractivity contribution in [2.24, 2.45) is 4.99 Å². The molecule has 1 aromatic rings. The fourth-order valence-corrected chi connectivity index (χ4v) is 4.13. The number of hydrogen-bond donors (Lipinski definition) is 0. The van der Waals surface area contributed by atoms with Gasteiger partial charge in [-0.15, -0.1) is 0 Å². The number of ether oxygens (including phenoxy) is 2. The van der Waals surface area contributed by atoms with Crippen molar-refractivity contribution in [1.82, 2.24) is 0 Å². The van der Waals surface area contributed by atoms with Crippen molar-refractivity contribution < 1.29 is 14.3 Å². The molecule has 2 aliphatic rings. The van der Waals surface area contributed by atoms with Gasteiger partial charge in [0.1, 0.15) is 0 Å². The number of benzene rings is 1. The number of halogens is 1. The highest BCUT2D eigenvalue weighted by molar-refractivity contribution is 9.10. The third kappa shape index (κ3) is 2.46. The van der Waals surface area contributed by atoms with Gasteiger partial charge in [-0.05, 0) is 31.2 Å². The normalized spacial score (nSPS) is 19.1. The van der Waals surface area contributed by atoms with Crippen molar-refractivity contribution in [3.63, 3.8) is 0 Å². The molecule has 0 bridgehead atoms. The molecule has 1 saturated carbocycles. The second-order valence-corrected chi connectivity index (χ2v) is 7.12. The Morgan fingerprint density at radius 2 is 2.00 bits per heavy atom. The minimum absolute atomic E-state index is 0.252. The average Bonchev–Trinajstić information content (AvgIpc) is 2.66. The van der Waals surface area contributed by atoms with E-state index >= 15 is 0 Å². The van der Waals surface area contributed by atoms with Crippen LogP contribution in [0.4, 0.5) is 0 Å². The summed E-state index contributed by atoms with van der Waals surface area (Å²) in [6.07, 6.45) is 5.47. The third-order valence-corrected chi connectivity index (χ3v) is 5.14. The zero-order chi connectivity index (χ0) is 15.7. The topological polar surface area (TPSA) is 47.9 Å². The lowest BCUT2D eigenvalue weighted by Crippen LogP contribution is -2.34. The Hall–Kier alpha value is -1.32. The van der Waals surface area contributed by atoms with Gasteiger partial charge in [0.25, 0.3) is 0 Å². The molecule has 4 nitrogen and oxygen atoms in total. The largest absolute Gasteiger partial charge is 0.490 e. The van der Waals surface area contributed by atoms with E-state index in [4.69, 9.17) is 9.47 Å². The highest BCUT2D eigenvalue weighted by Gasteiger charge is 2.44. The van der Waals surface area contributed by atoms with Crippen LogP contribution in [0.5, 0.6) is 11.5 Å². The first-order valence-electron chi connectivity index (χ1n) is 7.80. The predicted octanol–water partition coefficient (Wildman–Crippen LogP) is 4.45. The van der Waals surface area contributed by atoms with Crippen molar-refractivity contribution in [3.05, 3.63) is 21.7 Å². The number of hydrogen-bond acceptors (Lipinski definition) is 4. The first-order valence-corrected chi connectivity index (χ1v) is 8.60. The van der Waals surface area contributed by atoms with E-state index < -0.39 is 5.54 Å². The van der Waals surface area contributed by atoms with Gasteiger partial charge < -0.3 is 9.47 Å². The molecule has 0 atom stereocenters. The van der Waals surface area contributed by atoms with Crippen LogP contribution >= 0.6 is 15.9 Å². The number of isocyanates is 1. The smallest absolute Gasteiger partial charge is 0.235 e. The molecule has 22 heavy (non-hydrogen) atoms. The summed E-state index contributed by atoms with van der Waals surface area (Å²) in [5.41, 5.74) is 1.72. The maximum atomic E-state index is 11.0. The fourth-order valence-electron chi connectivity index (χ4n) is 3.34. The van der Waals surface area contributed by atoms with Gasteiger partial charge in [-0.1, -0.05) is 29.8 Å². The van der Waals surface area contributed by atoms with Crippen LogP contribution in [0.3, 0.4) is 0 Å². The Morgan fingerprint density at radius 1 is 1.27 bits per heavy atom. The number of aliphatic imine (C=N–C) groups is 1. The van der Waals surface area contributed by atoms with Gasteiger partial charge in [0, 0.05) is 22.0 Å². The molecule has 0 saturated heterocycles. The summed E-state index contributed by atoms with van der Waals surface area (Å²) in [5, 5.41) is 0. The second-order valence-electron chi connectivity index (χ2n) is 6.27. The number of rotatable bonds is 3. The van der Waals surface area contributed by atoms with Crippen LogP contribution in [0.2, 0.25) is 0 Å². The Balaban J connectivity index is 2.25. The lowest BCUT2D eigenvalue weighted by Gasteiger charge is -2.40. The van der Waals surface area contributed by atoms with Crippen LogP contribution in [0.25, 0.3) is 0 Å². The summed E-state index contributed by atoms with van der Waals surface area (Å²) in [4.78, 5) is 15.1. The molecule has 0 aromatic heterocycles. The van der Waals surface area contributed by atoms with Gasteiger partial charge in [-0.25, -0.2) is 4.79 Å². The van der Waals surface area contributed by atoms with Crippen LogP contribution in [0, 0.1) is 0 Å². The van der Waals surface area contributed by atoms with E-state index in [-0.39, 0.29) is 5.92 Å². The summed E-state index contributed by atoms with van der Waals surface area (Å²) in [6, 6.07) is 1.96. The monoisotopic (exact) mass is 365 g/mol. The molecule has 1 fully saturated rings. The van der Waals surface area contributed by atoms with Crippen LogP contribution in [-0.2, 0) is 10.3 Å². The van der Waals surface area contributed by atoms with Crippen molar-refractivity contribution in [2.45, 2.75) is 51.0 Å². The van der Waals surface area contributed by atoms with E-state index in [9.17, 15) is 4.79 Å².